The van der Waals surface area contributed by atoms with Crippen molar-refractivity contribution >= 4 is 11.7 Å². The van der Waals surface area contributed by atoms with E-state index < -0.39 is 5.97 Å². The summed E-state index contributed by atoms with van der Waals surface area (Å²) in [6.07, 6.45) is 0.0205. The maximum Gasteiger partial charge on any atom is 0.304 e. The topological polar surface area (TPSA) is 49.8 Å². The summed E-state index contributed by atoms with van der Waals surface area (Å²) in [6, 6.07) is 16.5. The predicted molar refractivity (Wildman–Crippen MR) is 103 cm³/mol. The zero-order valence-electron chi connectivity index (χ0n) is 14.9. The lowest BCUT2D eigenvalue weighted by atomic mass is 9.94. The number of nitrogens with zero attached hydrogens (tertiary/aromatic N) is 1. The maximum absolute atomic E-state index is 11.1. The monoisotopic (exact) mass is 349 g/mol. The van der Waals surface area contributed by atoms with Crippen molar-refractivity contribution in [1.82, 2.24) is 0 Å². The number of hydrogen-bond acceptors (Lipinski definition) is 3. The molecule has 134 valence electrons. The summed E-state index contributed by atoms with van der Waals surface area (Å²) in [5.74, 6) is 4.72. The fourth-order valence-electron chi connectivity index (χ4n) is 3.21. The van der Waals surface area contributed by atoms with E-state index in [-0.39, 0.29) is 12.3 Å². The van der Waals surface area contributed by atoms with Gasteiger partial charge < -0.3 is 14.7 Å². The minimum absolute atomic E-state index is 0.0205. The smallest absolute Gasteiger partial charge is 0.304 e. The highest BCUT2D eigenvalue weighted by Crippen LogP contribution is 2.27. The highest BCUT2D eigenvalue weighted by atomic mass is 16.5. The summed E-state index contributed by atoms with van der Waals surface area (Å²) in [4.78, 5) is 13.4. The molecule has 0 aliphatic carbocycles. The fraction of sp³-hybridized carbons (Fsp3) is 0.318. The highest BCUT2D eigenvalue weighted by molar-refractivity contribution is 5.70. The van der Waals surface area contributed by atoms with E-state index in [1.165, 1.54) is 5.69 Å². The van der Waals surface area contributed by atoms with Crippen LogP contribution in [0.4, 0.5) is 5.69 Å². The number of carboxylic acid groups (broad SMARTS) is 1. The molecule has 1 atom stereocenters. The minimum atomic E-state index is -0.833. The lowest BCUT2D eigenvalue weighted by molar-refractivity contribution is -0.137. The van der Waals surface area contributed by atoms with Crippen molar-refractivity contribution in [2.24, 2.45) is 0 Å². The SMILES string of the molecule is CC#CC(CC(=O)O)c1ccc(-c2cccc(N3CCOCC3)c2)cc1. The largest absolute Gasteiger partial charge is 0.481 e. The Morgan fingerprint density at radius 3 is 2.54 bits per heavy atom. The van der Waals surface area contributed by atoms with E-state index in [4.69, 9.17) is 9.84 Å². The first-order valence-electron chi connectivity index (χ1n) is 8.84. The summed E-state index contributed by atoms with van der Waals surface area (Å²) in [7, 11) is 0. The van der Waals surface area contributed by atoms with Gasteiger partial charge in [0.1, 0.15) is 0 Å². The van der Waals surface area contributed by atoms with Crippen molar-refractivity contribution < 1.29 is 14.6 Å². The van der Waals surface area contributed by atoms with Gasteiger partial charge in [0.25, 0.3) is 0 Å². The first-order valence-corrected chi connectivity index (χ1v) is 8.84. The van der Waals surface area contributed by atoms with Gasteiger partial charge in [0.05, 0.1) is 25.6 Å². The molecule has 1 N–H and O–H groups in total. The summed E-state index contributed by atoms with van der Waals surface area (Å²) < 4.78 is 5.42. The fourth-order valence-corrected chi connectivity index (χ4v) is 3.21. The first kappa shape index (κ1) is 18.0. The lowest BCUT2D eigenvalue weighted by Crippen LogP contribution is -2.36. The number of hydrogen-bond donors (Lipinski definition) is 1. The van der Waals surface area contributed by atoms with Crippen molar-refractivity contribution in [3.05, 3.63) is 54.1 Å². The number of anilines is 1. The molecule has 1 heterocycles. The number of carbonyl (C=O) groups is 1. The zero-order valence-corrected chi connectivity index (χ0v) is 14.9. The Kier molecular flexibility index (Phi) is 5.93. The van der Waals surface area contributed by atoms with Gasteiger partial charge in [-0.2, -0.15) is 0 Å². The summed E-state index contributed by atoms with van der Waals surface area (Å²) in [5.41, 5.74) is 4.41. The van der Waals surface area contributed by atoms with Crippen LogP contribution in [-0.2, 0) is 9.53 Å². The molecular weight excluding hydrogens is 326 g/mol. The Morgan fingerprint density at radius 1 is 1.15 bits per heavy atom. The van der Waals surface area contributed by atoms with Gasteiger partial charge in [-0.15, -0.1) is 5.92 Å². The number of morpholine rings is 1. The molecule has 0 spiro atoms. The van der Waals surface area contributed by atoms with E-state index in [1.54, 1.807) is 6.92 Å². The number of rotatable bonds is 5. The van der Waals surface area contributed by atoms with Gasteiger partial charge in [-0.3, -0.25) is 4.79 Å². The Bertz CT molecular complexity index is 811. The van der Waals surface area contributed by atoms with Gasteiger partial charge in [-0.05, 0) is 35.7 Å². The third-order valence-electron chi connectivity index (χ3n) is 4.57. The number of ether oxygens (including phenoxy) is 1. The second-order valence-electron chi connectivity index (χ2n) is 6.32. The quantitative estimate of drug-likeness (QED) is 0.835. The molecule has 4 heteroatoms. The molecule has 1 unspecified atom stereocenters. The predicted octanol–water partition coefficient (Wildman–Crippen LogP) is 3.77. The maximum atomic E-state index is 11.1. The van der Waals surface area contributed by atoms with Crippen LogP contribution < -0.4 is 4.90 Å². The van der Waals surface area contributed by atoms with Gasteiger partial charge in [0.2, 0.25) is 0 Å². The van der Waals surface area contributed by atoms with Crippen LogP contribution in [0.1, 0.15) is 24.8 Å². The zero-order chi connectivity index (χ0) is 18.4. The summed E-state index contributed by atoms with van der Waals surface area (Å²) in [5, 5.41) is 9.08. The Labute approximate surface area is 154 Å². The van der Waals surface area contributed by atoms with Crippen LogP contribution in [0.5, 0.6) is 0 Å². The number of aliphatic carboxylic acids is 1. The first-order chi connectivity index (χ1) is 12.7. The van der Waals surface area contributed by atoms with E-state index >= 15 is 0 Å². The van der Waals surface area contributed by atoms with Crippen LogP contribution in [0, 0.1) is 11.8 Å². The molecule has 0 radical (unpaired) electrons. The third kappa shape index (κ3) is 4.44. The molecule has 1 aliphatic heterocycles. The second kappa shape index (κ2) is 8.55. The van der Waals surface area contributed by atoms with Crippen LogP contribution >= 0.6 is 0 Å². The van der Waals surface area contributed by atoms with E-state index in [9.17, 15) is 4.79 Å². The van der Waals surface area contributed by atoms with Crippen LogP contribution in [0.15, 0.2) is 48.5 Å². The minimum Gasteiger partial charge on any atom is -0.481 e. The average Bonchev–Trinajstić information content (AvgIpc) is 2.68. The van der Waals surface area contributed by atoms with Gasteiger partial charge in [-0.1, -0.05) is 42.3 Å². The van der Waals surface area contributed by atoms with E-state index in [1.807, 2.05) is 24.3 Å². The van der Waals surface area contributed by atoms with Crippen LogP contribution in [0.2, 0.25) is 0 Å². The van der Waals surface area contributed by atoms with Crippen molar-refractivity contribution in [2.75, 3.05) is 31.2 Å². The summed E-state index contributed by atoms with van der Waals surface area (Å²) >= 11 is 0. The van der Waals surface area contributed by atoms with Gasteiger partial charge >= 0.3 is 5.97 Å². The molecule has 1 fully saturated rings. The Balaban J connectivity index is 1.81. The van der Waals surface area contributed by atoms with Crippen molar-refractivity contribution in [2.45, 2.75) is 19.3 Å². The third-order valence-corrected chi connectivity index (χ3v) is 4.57. The molecule has 0 amide bonds. The van der Waals surface area contributed by atoms with Gasteiger partial charge in [-0.25, -0.2) is 0 Å². The molecule has 1 aliphatic rings. The second-order valence-corrected chi connectivity index (χ2v) is 6.32. The number of carboxylic acids is 1. The molecule has 0 aromatic heterocycles. The standard InChI is InChI=1S/C22H23NO3/c1-2-4-19(16-22(24)25)17-7-9-18(10-8-17)20-5-3-6-21(15-20)23-11-13-26-14-12-23/h3,5-10,15,19H,11-14,16H2,1H3,(H,24,25). The van der Waals surface area contributed by atoms with Crippen molar-refractivity contribution in [3.8, 4) is 23.0 Å². The van der Waals surface area contributed by atoms with E-state index in [2.05, 4.69) is 41.0 Å². The van der Waals surface area contributed by atoms with Crippen LogP contribution in [0.25, 0.3) is 11.1 Å². The molecule has 4 nitrogen and oxygen atoms in total. The summed E-state index contributed by atoms with van der Waals surface area (Å²) in [6.45, 7) is 5.09. The molecule has 0 bridgehead atoms. The van der Waals surface area contributed by atoms with Crippen molar-refractivity contribution in [3.63, 3.8) is 0 Å². The lowest BCUT2D eigenvalue weighted by Gasteiger charge is -2.29. The van der Waals surface area contributed by atoms with Crippen molar-refractivity contribution in [1.29, 1.82) is 0 Å². The molecule has 2 aromatic rings. The van der Waals surface area contributed by atoms with Crippen LogP contribution in [-0.4, -0.2) is 37.4 Å². The molecule has 0 saturated carbocycles. The molecule has 26 heavy (non-hydrogen) atoms. The molecule has 3 rings (SSSR count). The molecule has 1 saturated heterocycles. The Hall–Kier alpha value is -2.77. The van der Waals surface area contributed by atoms with E-state index in [0.29, 0.717) is 0 Å². The van der Waals surface area contributed by atoms with Crippen LogP contribution in [0.3, 0.4) is 0 Å². The van der Waals surface area contributed by atoms with Gasteiger partial charge in [0, 0.05) is 18.8 Å². The van der Waals surface area contributed by atoms with Gasteiger partial charge in [0.15, 0.2) is 0 Å². The molecule has 2 aromatic carbocycles. The Morgan fingerprint density at radius 2 is 1.88 bits per heavy atom. The molecular formula is C22H23NO3. The highest BCUT2D eigenvalue weighted by Gasteiger charge is 2.14. The average molecular weight is 349 g/mol. The number of benzene rings is 2. The van der Waals surface area contributed by atoms with E-state index in [0.717, 1.165) is 43.0 Å². The normalized spacial score (nSPS) is 15.0.